The van der Waals surface area contributed by atoms with Crippen LogP contribution >= 0.6 is 11.3 Å². The zero-order valence-electron chi connectivity index (χ0n) is 19.4. The van der Waals surface area contributed by atoms with Gasteiger partial charge in [-0.3, -0.25) is 4.79 Å². The summed E-state index contributed by atoms with van der Waals surface area (Å²) in [6, 6.07) is 6.19. The molecular formula is C26H31NO4S. The Labute approximate surface area is 193 Å². The molecule has 2 heterocycles. The van der Waals surface area contributed by atoms with E-state index < -0.39 is 0 Å². The molecule has 5 nitrogen and oxygen atoms in total. The molecule has 0 aliphatic heterocycles. The quantitative estimate of drug-likeness (QED) is 0.307. The van der Waals surface area contributed by atoms with Crippen LogP contribution < -0.4 is 9.47 Å². The Morgan fingerprint density at radius 1 is 1.06 bits per heavy atom. The van der Waals surface area contributed by atoms with Gasteiger partial charge in [0.1, 0.15) is 4.83 Å². The Morgan fingerprint density at radius 3 is 2.59 bits per heavy atom. The molecule has 1 aliphatic rings. The predicted molar refractivity (Wildman–Crippen MR) is 129 cm³/mol. The molecule has 0 unspecified atom stereocenters. The van der Waals surface area contributed by atoms with E-state index in [1.54, 1.807) is 14.2 Å². The van der Waals surface area contributed by atoms with Crippen LogP contribution in [0.15, 0.2) is 18.2 Å². The molecular weight excluding hydrogens is 422 g/mol. The lowest BCUT2D eigenvalue weighted by Crippen LogP contribution is -2.03. The summed E-state index contributed by atoms with van der Waals surface area (Å²) in [5.74, 6) is 1.31. The molecule has 32 heavy (non-hydrogen) atoms. The van der Waals surface area contributed by atoms with Crippen molar-refractivity contribution < 1.29 is 19.0 Å². The number of thiophene rings is 1. The summed E-state index contributed by atoms with van der Waals surface area (Å²) in [6.45, 7) is 2.11. The first-order valence-electron chi connectivity index (χ1n) is 11.3. The summed E-state index contributed by atoms with van der Waals surface area (Å²) < 4.78 is 15.9. The van der Waals surface area contributed by atoms with Crippen LogP contribution in [0.5, 0.6) is 11.5 Å². The number of nitrogens with zero attached hydrogens (tertiary/aromatic N) is 1. The largest absolute Gasteiger partial charge is 0.493 e. The Balaban J connectivity index is 1.85. The number of methoxy groups -OCH3 is 3. The highest BCUT2D eigenvalue weighted by atomic mass is 32.1. The molecule has 0 spiro atoms. The molecule has 3 aromatic rings. The van der Waals surface area contributed by atoms with Crippen LogP contribution in [0, 0.1) is 6.92 Å². The first kappa shape index (κ1) is 22.6. The molecule has 0 saturated heterocycles. The van der Waals surface area contributed by atoms with Crippen LogP contribution in [-0.2, 0) is 28.8 Å². The van der Waals surface area contributed by atoms with Gasteiger partial charge in [0, 0.05) is 22.4 Å². The van der Waals surface area contributed by atoms with E-state index in [-0.39, 0.29) is 5.97 Å². The van der Waals surface area contributed by atoms with Crippen molar-refractivity contribution in [2.75, 3.05) is 21.3 Å². The topological polar surface area (TPSA) is 57.7 Å². The van der Waals surface area contributed by atoms with Gasteiger partial charge in [0.25, 0.3) is 0 Å². The predicted octanol–water partition coefficient (Wildman–Crippen LogP) is 6.05. The maximum absolute atomic E-state index is 11.6. The Morgan fingerprint density at radius 2 is 1.84 bits per heavy atom. The van der Waals surface area contributed by atoms with E-state index >= 15 is 0 Å². The number of carbonyl (C=O) groups excluding carboxylic acids is 1. The van der Waals surface area contributed by atoms with Crippen molar-refractivity contribution in [1.82, 2.24) is 4.98 Å². The van der Waals surface area contributed by atoms with Gasteiger partial charge in [0.15, 0.2) is 11.5 Å². The van der Waals surface area contributed by atoms with Crippen molar-refractivity contribution >= 4 is 27.5 Å². The average Bonchev–Trinajstić information content (AvgIpc) is 3.18. The van der Waals surface area contributed by atoms with Gasteiger partial charge in [0.05, 0.1) is 21.3 Å². The molecule has 0 radical (unpaired) electrons. The van der Waals surface area contributed by atoms with E-state index in [1.165, 1.54) is 46.9 Å². The number of benzene rings is 1. The number of aromatic nitrogens is 1. The summed E-state index contributed by atoms with van der Waals surface area (Å²) >= 11 is 1.86. The number of hydrogen-bond acceptors (Lipinski definition) is 6. The van der Waals surface area contributed by atoms with Crippen molar-refractivity contribution in [1.29, 1.82) is 0 Å². The Kier molecular flexibility index (Phi) is 6.99. The first-order valence-corrected chi connectivity index (χ1v) is 12.1. The van der Waals surface area contributed by atoms with Crippen LogP contribution in [0.1, 0.15) is 53.8 Å². The maximum atomic E-state index is 11.6. The van der Waals surface area contributed by atoms with Gasteiger partial charge in [-0.25, -0.2) is 4.98 Å². The van der Waals surface area contributed by atoms with E-state index in [4.69, 9.17) is 19.2 Å². The standard InChI is InChI=1S/C26H31NO4S/c1-16-18(9-6-8-12-23(28)31-4)24(17-13-14-20(29-2)21(15-17)30-3)25-19-10-5-7-11-22(19)32-26(25)27-16/h13-15H,5-12H2,1-4H3. The minimum atomic E-state index is -0.151. The highest BCUT2D eigenvalue weighted by molar-refractivity contribution is 7.19. The maximum Gasteiger partial charge on any atom is 0.305 e. The summed E-state index contributed by atoms with van der Waals surface area (Å²) in [7, 11) is 4.78. The van der Waals surface area contributed by atoms with Crippen molar-refractivity contribution in [3.63, 3.8) is 0 Å². The SMILES string of the molecule is COC(=O)CCCCc1c(C)nc2sc3c(c2c1-c1ccc(OC)c(OC)c1)CCCC3. The zero-order valence-corrected chi connectivity index (χ0v) is 20.2. The van der Waals surface area contributed by atoms with Crippen molar-refractivity contribution in [3.8, 4) is 22.6 Å². The first-order chi connectivity index (χ1) is 15.6. The molecule has 0 bridgehead atoms. The van der Waals surface area contributed by atoms with E-state index in [9.17, 15) is 4.79 Å². The van der Waals surface area contributed by atoms with E-state index in [1.807, 2.05) is 17.4 Å². The third-order valence-corrected chi connectivity index (χ3v) is 7.55. The van der Waals surface area contributed by atoms with Gasteiger partial charge in [-0.15, -0.1) is 11.3 Å². The van der Waals surface area contributed by atoms with Crippen molar-refractivity contribution in [2.24, 2.45) is 0 Å². The molecule has 170 valence electrons. The fraction of sp³-hybridized carbons (Fsp3) is 0.462. The molecule has 2 aromatic heterocycles. The fourth-order valence-electron chi connectivity index (χ4n) is 4.73. The summed E-state index contributed by atoms with van der Waals surface area (Å²) in [5, 5.41) is 1.31. The van der Waals surface area contributed by atoms with Gasteiger partial charge >= 0.3 is 5.97 Å². The molecule has 0 atom stereocenters. The zero-order chi connectivity index (χ0) is 22.7. The minimum absolute atomic E-state index is 0.151. The molecule has 6 heteroatoms. The lowest BCUT2D eigenvalue weighted by molar-refractivity contribution is -0.140. The van der Waals surface area contributed by atoms with Crippen LogP contribution in [0.2, 0.25) is 0 Å². The number of pyridine rings is 1. The van der Waals surface area contributed by atoms with Gasteiger partial charge in [-0.1, -0.05) is 6.07 Å². The lowest BCUT2D eigenvalue weighted by atomic mass is 9.88. The normalized spacial score (nSPS) is 13.1. The lowest BCUT2D eigenvalue weighted by Gasteiger charge is -2.18. The minimum Gasteiger partial charge on any atom is -0.493 e. The number of ether oxygens (including phenoxy) is 3. The Hall–Kier alpha value is -2.60. The van der Waals surface area contributed by atoms with E-state index in [0.29, 0.717) is 6.42 Å². The third-order valence-electron chi connectivity index (χ3n) is 6.37. The number of unbranched alkanes of at least 4 members (excludes halogenated alkanes) is 1. The number of aryl methyl sites for hydroxylation is 3. The number of hydrogen-bond donors (Lipinski definition) is 0. The van der Waals surface area contributed by atoms with E-state index in [0.717, 1.165) is 59.7 Å². The molecule has 4 rings (SSSR count). The summed E-state index contributed by atoms with van der Waals surface area (Å²) in [5.41, 5.74) is 6.21. The van der Waals surface area contributed by atoms with Crippen LogP contribution in [0.4, 0.5) is 0 Å². The molecule has 1 aromatic carbocycles. The Bertz CT molecular complexity index is 1130. The van der Waals surface area contributed by atoms with Gasteiger partial charge < -0.3 is 14.2 Å². The van der Waals surface area contributed by atoms with Gasteiger partial charge in [-0.05, 0) is 86.3 Å². The number of carbonyl (C=O) groups is 1. The van der Waals surface area contributed by atoms with Gasteiger partial charge in [0.2, 0.25) is 0 Å². The van der Waals surface area contributed by atoms with Crippen molar-refractivity contribution in [2.45, 2.75) is 58.3 Å². The number of rotatable bonds is 8. The van der Waals surface area contributed by atoms with Crippen molar-refractivity contribution in [3.05, 3.63) is 39.9 Å². The van der Waals surface area contributed by atoms with Crippen LogP contribution in [0.3, 0.4) is 0 Å². The van der Waals surface area contributed by atoms with Gasteiger partial charge in [-0.2, -0.15) is 0 Å². The fourth-order valence-corrected chi connectivity index (χ4v) is 6.05. The van der Waals surface area contributed by atoms with Crippen LogP contribution in [-0.4, -0.2) is 32.3 Å². The van der Waals surface area contributed by atoms with Crippen LogP contribution in [0.25, 0.3) is 21.3 Å². The second kappa shape index (κ2) is 9.90. The number of esters is 1. The highest BCUT2D eigenvalue weighted by Crippen LogP contribution is 2.44. The summed E-state index contributed by atoms with van der Waals surface area (Å²) in [6.07, 6.45) is 7.78. The third kappa shape index (κ3) is 4.33. The number of fused-ring (bicyclic) bond motifs is 3. The second-order valence-electron chi connectivity index (χ2n) is 8.29. The summed E-state index contributed by atoms with van der Waals surface area (Å²) in [4.78, 5) is 19.2. The smallest absolute Gasteiger partial charge is 0.305 e. The monoisotopic (exact) mass is 453 g/mol. The molecule has 0 amide bonds. The second-order valence-corrected chi connectivity index (χ2v) is 9.38. The molecule has 1 aliphatic carbocycles. The molecule has 0 N–H and O–H groups in total. The van der Waals surface area contributed by atoms with E-state index in [2.05, 4.69) is 19.1 Å². The average molecular weight is 454 g/mol. The molecule has 0 saturated carbocycles. The highest BCUT2D eigenvalue weighted by Gasteiger charge is 2.24. The molecule has 0 fully saturated rings.